The van der Waals surface area contributed by atoms with E-state index in [1.165, 1.54) is 28.6 Å². The SMILES string of the molecule is O=S(=O)(Cc1ccc(F)cc1)N1CCOC1. The quantitative estimate of drug-likeness (QED) is 0.796. The molecule has 4 nitrogen and oxygen atoms in total. The van der Waals surface area contributed by atoms with Gasteiger partial charge in [-0.1, -0.05) is 12.1 Å². The maximum absolute atomic E-state index is 12.6. The molecule has 1 aliphatic heterocycles. The zero-order chi connectivity index (χ0) is 11.6. The summed E-state index contributed by atoms with van der Waals surface area (Å²) in [4.78, 5) is 0. The number of hydrogen-bond acceptors (Lipinski definition) is 3. The first-order valence-corrected chi connectivity index (χ1v) is 6.49. The molecule has 1 saturated heterocycles. The maximum atomic E-state index is 12.6. The molecule has 1 fully saturated rings. The minimum absolute atomic E-state index is 0.114. The lowest BCUT2D eigenvalue weighted by Gasteiger charge is -2.13. The van der Waals surface area contributed by atoms with E-state index in [1.807, 2.05) is 0 Å². The van der Waals surface area contributed by atoms with Gasteiger partial charge >= 0.3 is 0 Å². The summed E-state index contributed by atoms with van der Waals surface area (Å²) in [5.74, 6) is -0.484. The largest absolute Gasteiger partial charge is 0.364 e. The first-order chi connectivity index (χ1) is 7.58. The molecule has 0 amide bonds. The van der Waals surface area contributed by atoms with Crippen LogP contribution in [0.25, 0.3) is 0 Å². The number of sulfonamides is 1. The second-order valence-electron chi connectivity index (χ2n) is 3.60. The summed E-state index contributed by atoms with van der Waals surface area (Å²) in [6.45, 7) is 0.940. The van der Waals surface area contributed by atoms with E-state index >= 15 is 0 Å². The van der Waals surface area contributed by atoms with Crippen LogP contribution >= 0.6 is 0 Å². The summed E-state index contributed by atoms with van der Waals surface area (Å²) in [5.41, 5.74) is 0.577. The van der Waals surface area contributed by atoms with Crippen LogP contribution in [0.1, 0.15) is 5.56 Å². The number of rotatable bonds is 3. The van der Waals surface area contributed by atoms with Crippen molar-refractivity contribution in [2.45, 2.75) is 5.75 Å². The third kappa shape index (κ3) is 2.58. The fourth-order valence-corrected chi connectivity index (χ4v) is 2.88. The third-order valence-electron chi connectivity index (χ3n) is 2.38. The zero-order valence-electron chi connectivity index (χ0n) is 8.60. The van der Waals surface area contributed by atoms with Gasteiger partial charge < -0.3 is 4.74 Å². The van der Waals surface area contributed by atoms with E-state index in [1.54, 1.807) is 0 Å². The molecule has 88 valence electrons. The summed E-state index contributed by atoms with van der Waals surface area (Å²) in [6, 6.07) is 5.46. The highest BCUT2D eigenvalue weighted by Crippen LogP contribution is 2.14. The van der Waals surface area contributed by atoms with Crippen LogP contribution in [0.4, 0.5) is 4.39 Å². The molecule has 1 aromatic rings. The predicted octanol–water partition coefficient (Wildman–Crippen LogP) is 0.945. The molecule has 0 spiro atoms. The van der Waals surface area contributed by atoms with Crippen molar-refractivity contribution in [1.82, 2.24) is 4.31 Å². The molecule has 0 unspecified atom stereocenters. The lowest BCUT2D eigenvalue weighted by Crippen LogP contribution is -2.29. The smallest absolute Gasteiger partial charge is 0.220 e. The van der Waals surface area contributed by atoms with E-state index in [4.69, 9.17) is 4.74 Å². The molecule has 0 radical (unpaired) electrons. The molecule has 0 N–H and O–H groups in total. The predicted molar refractivity (Wildman–Crippen MR) is 56.5 cm³/mol. The zero-order valence-corrected chi connectivity index (χ0v) is 9.41. The van der Waals surface area contributed by atoms with Gasteiger partial charge in [0.2, 0.25) is 10.0 Å². The van der Waals surface area contributed by atoms with Crippen LogP contribution in [0.5, 0.6) is 0 Å². The van der Waals surface area contributed by atoms with Gasteiger partial charge in [0, 0.05) is 6.54 Å². The van der Waals surface area contributed by atoms with E-state index in [2.05, 4.69) is 0 Å². The van der Waals surface area contributed by atoms with Gasteiger partial charge in [0.1, 0.15) is 12.5 Å². The molecule has 0 saturated carbocycles. The fourth-order valence-electron chi connectivity index (χ4n) is 1.50. The lowest BCUT2D eigenvalue weighted by atomic mass is 10.2. The Morgan fingerprint density at radius 1 is 1.31 bits per heavy atom. The monoisotopic (exact) mass is 245 g/mol. The van der Waals surface area contributed by atoms with Gasteiger partial charge in [-0.05, 0) is 17.7 Å². The van der Waals surface area contributed by atoms with Gasteiger partial charge in [-0.25, -0.2) is 12.8 Å². The van der Waals surface area contributed by atoms with Gasteiger partial charge in [0.15, 0.2) is 0 Å². The van der Waals surface area contributed by atoms with E-state index in [-0.39, 0.29) is 18.3 Å². The normalized spacial score (nSPS) is 17.8. The summed E-state index contributed by atoms with van der Waals surface area (Å²) < 4.78 is 42.6. The number of benzene rings is 1. The first-order valence-electron chi connectivity index (χ1n) is 4.88. The van der Waals surface area contributed by atoms with Crippen molar-refractivity contribution >= 4 is 10.0 Å². The topological polar surface area (TPSA) is 46.6 Å². The molecule has 2 rings (SSSR count). The van der Waals surface area contributed by atoms with Gasteiger partial charge in [0.25, 0.3) is 0 Å². The number of nitrogens with zero attached hydrogens (tertiary/aromatic N) is 1. The van der Waals surface area contributed by atoms with Crippen molar-refractivity contribution in [2.75, 3.05) is 19.9 Å². The van der Waals surface area contributed by atoms with Crippen molar-refractivity contribution in [3.8, 4) is 0 Å². The lowest BCUT2D eigenvalue weighted by molar-refractivity contribution is 0.172. The van der Waals surface area contributed by atoms with Crippen LogP contribution in [0.2, 0.25) is 0 Å². The Morgan fingerprint density at radius 3 is 2.56 bits per heavy atom. The highest BCUT2D eigenvalue weighted by atomic mass is 32.2. The van der Waals surface area contributed by atoms with E-state index in [0.717, 1.165) is 0 Å². The van der Waals surface area contributed by atoms with Crippen LogP contribution < -0.4 is 0 Å². The highest BCUT2D eigenvalue weighted by Gasteiger charge is 2.25. The summed E-state index contributed by atoms with van der Waals surface area (Å²) in [7, 11) is -3.34. The summed E-state index contributed by atoms with van der Waals surface area (Å²) in [5, 5.41) is 0. The van der Waals surface area contributed by atoms with Gasteiger partial charge in [-0.15, -0.1) is 0 Å². The molecule has 0 aromatic heterocycles. The Balaban J connectivity index is 2.11. The number of ether oxygens (including phenoxy) is 1. The van der Waals surface area contributed by atoms with Gasteiger partial charge in [-0.2, -0.15) is 4.31 Å². The molecule has 0 bridgehead atoms. The van der Waals surface area contributed by atoms with E-state index in [9.17, 15) is 12.8 Å². The molecule has 0 atom stereocenters. The highest BCUT2D eigenvalue weighted by molar-refractivity contribution is 7.88. The maximum Gasteiger partial charge on any atom is 0.220 e. The Bertz CT molecular complexity index is 451. The van der Waals surface area contributed by atoms with Crippen LogP contribution in [0.15, 0.2) is 24.3 Å². The van der Waals surface area contributed by atoms with Crippen molar-refractivity contribution in [3.05, 3.63) is 35.6 Å². The first kappa shape index (κ1) is 11.5. The van der Waals surface area contributed by atoms with Crippen molar-refractivity contribution in [1.29, 1.82) is 0 Å². The standard InChI is InChI=1S/C10H12FNO3S/c11-10-3-1-9(2-4-10)7-16(13,14)12-5-6-15-8-12/h1-4H,5-8H2. The van der Waals surface area contributed by atoms with Crippen LogP contribution in [0, 0.1) is 5.82 Å². The van der Waals surface area contributed by atoms with Gasteiger partial charge in [0.05, 0.1) is 12.4 Å². The molecule has 1 aliphatic rings. The number of halogens is 1. The molecular weight excluding hydrogens is 233 g/mol. The Kier molecular flexibility index (Phi) is 3.22. The Morgan fingerprint density at radius 2 is 2.00 bits per heavy atom. The minimum atomic E-state index is -3.34. The molecule has 0 aliphatic carbocycles. The van der Waals surface area contributed by atoms with E-state index < -0.39 is 10.0 Å². The second-order valence-corrected chi connectivity index (χ2v) is 5.56. The van der Waals surface area contributed by atoms with Crippen molar-refractivity contribution in [3.63, 3.8) is 0 Å². The summed E-state index contributed by atoms with van der Waals surface area (Å²) >= 11 is 0. The number of hydrogen-bond donors (Lipinski definition) is 0. The third-order valence-corrected chi connectivity index (χ3v) is 4.15. The van der Waals surface area contributed by atoms with Crippen LogP contribution in [-0.2, 0) is 20.5 Å². The van der Waals surface area contributed by atoms with Crippen LogP contribution in [-0.4, -0.2) is 32.6 Å². The average Bonchev–Trinajstić information content (AvgIpc) is 2.75. The molecule has 16 heavy (non-hydrogen) atoms. The molecule has 1 aromatic carbocycles. The summed E-state index contributed by atoms with van der Waals surface area (Å²) in [6.07, 6.45) is 0. The molecule has 1 heterocycles. The second kappa shape index (κ2) is 4.48. The van der Waals surface area contributed by atoms with E-state index in [0.29, 0.717) is 18.7 Å². The minimum Gasteiger partial charge on any atom is -0.364 e. The molecule has 6 heteroatoms. The average molecular weight is 245 g/mol. The Hall–Kier alpha value is -0.980. The Labute approximate surface area is 93.7 Å². The van der Waals surface area contributed by atoms with Crippen molar-refractivity contribution in [2.24, 2.45) is 0 Å². The molecular formula is C10H12FNO3S. The van der Waals surface area contributed by atoms with Crippen molar-refractivity contribution < 1.29 is 17.5 Å². The fraction of sp³-hybridized carbons (Fsp3) is 0.400. The van der Waals surface area contributed by atoms with Crippen LogP contribution in [0.3, 0.4) is 0 Å². The van der Waals surface area contributed by atoms with Gasteiger partial charge in [-0.3, -0.25) is 0 Å².